The normalized spacial score (nSPS) is 11.5. The zero-order valence-electron chi connectivity index (χ0n) is 30.0. The molecule has 2 aromatic carbocycles. The van der Waals surface area contributed by atoms with E-state index in [-0.39, 0.29) is 26.4 Å². The first-order chi connectivity index (χ1) is 24.5. The Morgan fingerprint density at radius 3 is 1.86 bits per heavy atom. The van der Waals surface area contributed by atoms with E-state index < -0.39 is 17.7 Å². The van der Waals surface area contributed by atoms with Crippen LogP contribution in [0.3, 0.4) is 0 Å². The Labute approximate surface area is 303 Å². The largest absolute Gasteiger partial charge is 0.480 e. The van der Waals surface area contributed by atoms with Gasteiger partial charge in [-0.15, -0.1) is 11.3 Å². The molecule has 0 aliphatic heterocycles. The minimum absolute atomic E-state index is 0.217. The zero-order valence-corrected chi connectivity index (χ0v) is 30.8. The summed E-state index contributed by atoms with van der Waals surface area (Å²) in [6.07, 6.45) is 1.25. The highest BCUT2D eigenvalue weighted by atomic mass is 32.1. The number of amides is 1. The number of carbonyl (C=O) groups excluding carboxylic acids is 1. The summed E-state index contributed by atoms with van der Waals surface area (Å²) in [4.78, 5) is 36.5. The number of carboxylic acids is 1. The number of nitrogens with zero attached hydrogens (tertiary/aromatic N) is 4. The SMILES string of the molecule is CN(C)c1ccc2nc(-c3ccc(-c4ccc(N(CCOCCOCCOCCOCCOCC(=O)O)C(=O)OC(C)(C)C)nc4)cc3)sc2c1. The Bertz CT molecular complexity index is 1660. The summed E-state index contributed by atoms with van der Waals surface area (Å²) in [6, 6.07) is 18.3. The molecule has 0 fully saturated rings. The van der Waals surface area contributed by atoms with Gasteiger partial charge in [-0.2, -0.15) is 0 Å². The molecule has 4 aromatic rings. The lowest BCUT2D eigenvalue weighted by atomic mass is 10.1. The van der Waals surface area contributed by atoms with Crippen molar-refractivity contribution < 1.29 is 43.1 Å². The molecule has 2 aromatic heterocycles. The number of hydrogen-bond acceptors (Lipinski definition) is 12. The highest BCUT2D eigenvalue weighted by Gasteiger charge is 2.24. The van der Waals surface area contributed by atoms with Gasteiger partial charge < -0.3 is 38.4 Å². The molecular weight excluding hydrogens is 676 g/mol. The summed E-state index contributed by atoms with van der Waals surface area (Å²) in [5, 5.41) is 9.47. The number of aromatic nitrogens is 2. The van der Waals surface area contributed by atoms with E-state index in [1.54, 1.807) is 17.5 Å². The van der Waals surface area contributed by atoms with E-state index in [1.165, 1.54) is 4.90 Å². The molecule has 14 heteroatoms. The summed E-state index contributed by atoms with van der Waals surface area (Å²) in [7, 11) is 4.06. The van der Waals surface area contributed by atoms with Crippen LogP contribution in [0.2, 0.25) is 0 Å². The van der Waals surface area contributed by atoms with Gasteiger partial charge in [0, 0.05) is 37.1 Å². The Morgan fingerprint density at radius 2 is 1.31 bits per heavy atom. The van der Waals surface area contributed by atoms with Crippen molar-refractivity contribution in [1.82, 2.24) is 9.97 Å². The van der Waals surface area contributed by atoms with Crippen molar-refractivity contribution >= 4 is 45.1 Å². The maximum Gasteiger partial charge on any atom is 0.416 e. The number of aliphatic carboxylic acids is 1. The number of carboxylic acid groups (broad SMARTS) is 1. The molecular formula is C37H48N4O9S. The van der Waals surface area contributed by atoms with Crippen molar-refractivity contribution in [2.45, 2.75) is 26.4 Å². The van der Waals surface area contributed by atoms with Crippen molar-refractivity contribution in [3.63, 3.8) is 0 Å². The van der Waals surface area contributed by atoms with Gasteiger partial charge in [-0.3, -0.25) is 4.90 Å². The minimum Gasteiger partial charge on any atom is -0.480 e. The number of fused-ring (bicyclic) bond motifs is 1. The summed E-state index contributed by atoms with van der Waals surface area (Å²) >= 11 is 1.67. The van der Waals surface area contributed by atoms with Gasteiger partial charge in [-0.1, -0.05) is 24.3 Å². The van der Waals surface area contributed by atoms with E-state index in [4.69, 9.17) is 38.5 Å². The van der Waals surface area contributed by atoms with Gasteiger partial charge in [-0.25, -0.2) is 19.6 Å². The second kappa shape index (κ2) is 20.0. The Morgan fingerprint density at radius 1 is 0.745 bits per heavy atom. The standard InChI is InChI=1S/C37H48N4O9S/c1-37(2,3)50-36(44)41(14-15-45-16-17-46-18-19-47-20-21-48-22-23-49-26-34(42)43)33-13-10-29(25-38-33)27-6-8-28(9-7-27)35-39-31-12-11-30(40(4)5)24-32(31)51-35/h6-13,24-25H,14-23,26H2,1-5H3,(H,42,43). The molecule has 0 saturated carbocycles. The Kier molecular flexibility index (Phi) is 15.5. The number of anilines is 2. The fourth-order valence-electron chi connectivity index (χ4n) is 4.65. The van der Waals surface area contributed by atoms with Crippen LogP contribution in [0.15, 0.2) is 60.8 Å². The molecule has 0 bridgehead atoms. The summed E-state index contributed by atoms with van der Waals surface area (Å²) in [6.45, 7) is 8.45. The van der Waals surface area contributed by atoms with E-state index in [0.717, 1.165) is 37.6 Å². The number of carbonyl (C=O) groups is 2. The van der Waals surface area contributed by atoms with Crippen LogP contribution in [0.4, 0.5) is 16.3 Å². The highest BCUT2D eigenvalue weighted by molar-refractivity contribution is 7.21. The molecule has 0 saturated heterocycles. The number of pyridine rings is 1. The van der Waals surface area contributed by atoms with Crippen LogP contribution in [-0.4, -0.2) is 119 Å². The van der Waals surface area contributed by atoms with Gasteiger partial charge in [0.2, 0.25) is 0 Å². The van der Waals surface area contributed by atoms with Gasteiger partial charge in [-0.05, 0) is 56.7 Å². The second-order valence-corrected chi connectivity index (χ2v) is 13.6. The van der Waals surface area contributed by atoms with Crippen molar-refractivity contribution in [3.8, 4) is 21.7 Å². The average molecular weight is 725 g/mol. The molecule has 0 atom stereocenters. The second-order valence-electron chi connectivity index (χ2n) is 12.6. The highest BCUT2D eigenvalue weighted by Crippen LogP contribution is 2.33. The van der Waals surface area contributed by atoms with Crippen molar-refractivity contribution in [2.24, 2.45) is 0 Å². The Balaban J connectivity index is 1.22. The first kappa shape index (κ1) is 39.6. The topological polar surface area (TPSA) is 142 Å². The molecule has 1 N–H and O–H groups in total. The maximum atomic E-state index is 13.1. The van der Waals surface area contributed by atoms with E-state index in [2.05, 4.69) is 52.3 Å². The zero-order chi connectivity index (χ0) is 36.6. The molecule has 0 radical (unpaired) electrons. The van der Waals surface area contributed by atoms with Crippen molar-refractivity contribution in [2.75, 3.05) is 96.5 Å². The quantitative estimate of drug-likeness (QED) is 0.101. The van der Waals surface area contributed by atoms with E-state index in [0.29, 0.717) is 52.1 Å². The van der Waals surface area contributed by atoms with E-state index in [9.17, 15) is 9.59 Å². The van der Waals surface area contributed by atoms with Gasteiger partial charge in [0.05, 0.1) is 76.2 Å². The fraction of sp³-hybridized carbons (Fsp3) is 0.459. The summed E-state index contributed by atoms with van der Waals surface area (Å²) in [5.41, 5.74) is 4.42. The monoisotopic (exact) mass is 724 g/mol. The maximum absolute atomic E-state index is 13.1. The first-order valence-corrected chi connectivity index (χ1v) is 17.6. The lowest BCUT2D eigenvalue weighted by molar-refractivity contribution is -0.142. The third-order valence-electron chi connectivity index (χ3n) is 7.16. The smallest absolute Gasteiger partial charge is 0.416 e. The predicted octanol–water partition coefficient (Wildman–Crippen LogP) is 6.00. The van der Waals surface area contributed by atoms with Crippen LogP contribution >= 0.6 is 11.3 Å². The van der Waals surface area contributed by atoms with E-state index >= 15 is 0 Å². The van der Waals surface area contributed by atoms with Crippen molar-refractivity contribution in [1.29, 1.82) is 0 Å². The molecule has 2 heterocycles. The van der Waals surface area contributed by atoms with Crippen LogP contribution in [0.25, 0.3) is 31.9 Å². The van der Waals surface area contributed by atoms with Crippen LogP contribution in [-0.2, 0) is 33.2 Å². The summed E-state index contributed by atoms with van der Waals surface area (Å²) in [5.74, 6) is -0.546. The average Bonchev–Trinajstić information content (AvgIpc) is 3.53. The molecule has 0 aliphatic carbocycles. The van der Waals surface area contributed by atoms with Gasteiger partial charge in [0.25, 0.3) is 0 Å². The molecule has 0 unspecified atom stereocenters. The lowest BCUT2D eigenvalue weighted by Gasteiger charge is -2.26. The number of benzene rings is 2. The van der Waals surface area contributed by atoms with Gasteiger partial charge in [0.15, 0.2) is 0 Å². The van der Waals surface area contributed by atoms with Crippen LogP contribution in [0.5, 0.6) is 0 Å². The van der Waals surface area contributed by atoms with Crippen LogP contribution in [0, 0.1) is 0 Å². The third-order valence-corrected chi connectivity index (χ3v) is 8.23. The predicted molar refractivity (Wildman–Crippen MR) is 198 cm³/mol. The van der Waals surface area contributed by atoms with E-state index in [1.807, 2.05) is 47.0 Å². The molecule has 276 valence electrons. The number of rotatable bonds is 21. The molecule has 4 rings (SSSR count). The van der Waals surface area contributed by atoms with Crippen molar-refractivity contribution in [3.05, 3.63) is 60.8 Å². The minimum atomic E-state index is -1.01. The Hall–Kier alpha value is -4.18. The molecule has 0 spiro atoms. The molecule has 1 amide bonds. The van der Waals surface area contributed by atoms with Crippen LogP contribution in [0.1, 0.15) is 20.8 Å². The number of ether oxygens (including phenoxy) is 6. The number of thiazole rings is 1. The number of hydrogen-bond donors (Lipinski definition) is 1. The molecule has 0 aliphatic rings. The first-order valence-electron chi connectivity index (χ1n) is 16.8. The summed E-state index contributed by atoms with van der Waals surface area (Å²) < 4.78 is 33.7. The lowest BCUT2D eigenvalue weighted by Crippen LogP contribution is -2.39. The molecule has 51 heavy (non-hydrogen) atoms. The van der Waals surface area contributed by atoms with Gasteiger partial charge >= 0.3 is 12.1 Å². The molecule has 13 nitrogen and oxygen atoms in total. The van der Waals surface area contributed by atoms with Gasteiger partial charge in [0.1, 0.15) is 23.0 Å². The third kappa shape index (κ3) is 13.5. The van der Waals surface area contributed by atoms with Crippen LogP contribution < -0.4 is 9.80 Å². The fourth-order valence-corrected chi connectivity index (χ4v) is 5.65.